The number of hydrogen-bond donors (Lipinski definition) is 2. The third-order valence-electron chi connectivity index (χ3n) is 8.02. The number of morpholine rings is 1. The Hall–Kier alpha value is -3.87. The predicted octanol–water partition coefficient (Wildman–Crippen LogP) is 3.15. The molecular formula is C29H37N9O3. The maximum atomic E-state index is 13.3. The summed E-state index contributed by atoms with van der Waals surface area (Å²) in [5.74, 6) is 0.806. The number of ether oxygens (including phenoxy) is 1. The number of nitrogens with zero attached hydrogens (tertiary/aromatic N) is 8. The molecule has 2 aliphatic rings. The van der Waals surface area contributed by atoms with Gasteiger partial charge in [0.1, 0.15) is 11.0 Å². The van der Waals surface area contributed by atoms with Gasteiger partial charge in [-0.15, -0.1) is 6.58 Å². The SMILES string of the molecule is C=CCn1c(=O)c2cnc(Nc3cnn([C@H]4CC[C@H](N5CCOCC5)CC4)c3)nc2n1-c1cccc(C(C)(C)O)n1. The summed E-state index contributed by atoms with van der Waals surface area (Å²) in [5, 5.41) is 18.8. The van der Waals surface area contributed by atoms with E-state index in [1.54, 1.807) is 49.0 Å². The van der Waals surface area contributed by atoms with E-state index in [4.69, 9.17) is 9.72 Å². The lowest BCUT2D eigenvalue weighted by molar-refractivity contribution is 0.00507. The molecule has 1 aliphatic carbocycles. The monoisotopic (exact) mass is 559 g/mol. The van der Waals surface area contributed by atoms with Gasteiger partial charge < -0.3 is 15.2 Å². The number of aromatic nitrogens is 7. The van der Waals surface area contributed by atoms with E-state index in [2.05, 4.69) is 31.9 Å². The molecule has 0 unspecified atom stereocenters. The van der Waals surface area contributed by atoms with Crippen LogP contribution in [0.4, 0.5) is 11.6 Å². The molecule has 0 aromatic carbocycles. The van der Waals surface area contributed by atoms with Crippen molar-refractivity contribution in [1.29, 1.82) is 0 Å². The zero-order chi connectivity index (χ0) is 28.6. The van der Waals surface area contributed by atoms with Gasteiger partial charge in [-0.05, 0) is 51.7 Å². The summed E-state index contributed by atoms with van der Waals surface area (Å²) in [6.07, 6.45) is 11.5. The van der Waals surface area contributed by atoms with E-state index in [0.29, 0.717) is 40.6 Å². The highest BCUT2D eigenvalue weighted by atomic mass is 16.5. The fraction of sp³-hybridized carbons (Fsp3) is 0.483. The molecule has 5 heterocycles. The molecule has 1 aliphatic heterocycles. The second kappa shape index (κ2) is 11.2. The van der Waals surface area contributed by atoms with E-state index in [0.717, 1.165) is 57.7 Å². The van der Waals surface area contributed by atoms with Crippen LogP contribution < -0.4 is 10.9 Å². The van der Waals surface area contributed by atoms with Crippen molar-refractivity contribution in [3.05, 3.63) is 65.5 Å². The molecule has 6 rings (SSSR count). The first-order valence-corrected chi connectivity index (χ1v) is 14.2. The van der Waals surface area contributed by atoms with Crippen molar-refractivity contribution < 1.29 is 9.84 Å². The van der Waals surface area contributed by atoms with Gasteiger partial charge in [-0.25, -0.2) is 19.3 Å². The van der Waals surface area contributed by atoms with Crippen molar-refractivity contribution in [3.63, 3.8) is 0 Å². The lowest BCUT2D eigenvalue weighted by atomic mass is 9.90. The maximum Gasteiger partial charge on any atom is 0.278 e. The molecule has 216 valence electrons. The Morgan fingerprint density at radius 2 is 1.88 bits per heavy atom. The van der Waals surface area contributed by atoms with E-state index in [1.165, 1.54) is 10.9 Å². The Labute approximate surface area is 238 Å². The smallest absolute Gasteiger partial charge is 0.278 e. The molecule has 12 nitrogen and oxygen atoms in total. The molecule has 41 heavy (non-hydrogen) atoms. The van der Waals surface area contributed by atoms with Crippen molar-refractivity contribution in [2.24, 2.45) is 0 Å². The van der Waals surface area contributed by atoms with Crippen molar-refractivity contribution in [1.82, 2.24) is 39.0 Å². The van der Waals surface area contributed by atoms with Gasteiger partial charge in [-0.1, -0.05) is 12.1 Å². The Balaban J connectivity index is 1.24. The summed E-state index contributed by atoms with van der Waals surface area (Å²) in [6, 6.07) is 6.32. The average Bonchev–Trinajstić information content (AvgIpc) is 3.55. The largest absolute Gasteiger partial charge is 0.384 e. The number of nitrogens with one attached hydrogen (secondary N) is 1. The second-order valence-corrected chi connectivity index (χ2v) is 11.3. The van der Waals surface area contributed by atoms with Crippen molar-refractivity contribution >= 4 is 22.7 Å². The topological polar surface area (TPSA) is 128 Å². The molecule has 2 fully saturated rings. The van der Waals surface area contributed by atoms with Crippen molar-refractivity contribution in [3.8, 4) is 5.82 Å². The standard InChI is InChI=1S/C29H37N9O3/c1-4-12-37-27(39)23-18-30-28(34-26(23)38(37)25-7-5-6-24(33-25)29(2,3)40)32-20-17-31-36(19-20)22-10-8-21(9-11-22)35-13-15-41-16-14-35/h4-7,17-19,21-22,40H,1,8-16H2,2-3H3,(H,30,32,34)/t21-,22-. The van der Waals surface area contributed by atoms with Gasteiger partial charge in [0.2, 0.25) is 5.95 Å². The van der Waals surface area contributed by atoms with E-state index in [1.807, 2.05) is 10.9 Å². The van der Waals surface area contributed by atoms with E-state index >= 15 is 0 Å². The maximum absolute atomic E-state index is 13.3. The first-order valence-electron chi connectivity index (χ1n) is 14.2. The Morgan fingerprint density at radius 1 is 1.12 bits per heavy atom. The molecule has 2 N–H and O–H groups in total. The van der Waals surface area contributed by atoms with Crippen LogP contribution in [0.1, 0.15) is 51.3 Å². The van der Waals surface area contributed by atoms with Crippen LogP contribution in [0.15, 0.2) is 54.2 Å². The summed E-state index contributed by atoms with van der Waals surface area (Å²) in [6.45, 7) is 11.1. The van der Waals surface area contributed by atoms with Crippen LogP contribution in [0.5, 0.6) is 0 Å². The molecule has 1 saturated heterocycles. The first-order chi connectivity index (χ1) is 19.8. The molecule has 0 spiro atoms. The number of fused-ring (bicyclic) bond motifs is 1. The van der Waals surface area contributed by atoms with Gasteiger partial charge in [0.05, 0.1) is 43.4 Å². The highest BCUT2D eigenvalue weighted by Crippen LogP contribution is 2.32. The predicted molar refractivity (Wildman–Crippen MR) is 156 cm³/mol. The normalized spacial score (nSPS) is 20.4. The number of rotatable bonds is 8. The molecule has 1 saturated carbocycles. The van der Waals surface area contributed by atoms with Crippen molar-refractivity contribution in [2.45, 2.75) is 63.8 Å². The number of anilines is 2. The van der Waals surface area contributed by atoms with Crippen molar-refractivity contribution in [2.75, 3.05) is 31.6 Å². The summed E-state index contributed by atoms with van der Waals surface area (Å²) in [5.41, 5.74) is 0.270. The highest BCUT2D eigenvalue weighted by Gasteiger charge is 2.28. The fourth-order valence-corrected chi connectivity index (χ4v) is 5.85. The lowest BCUT2D eigenvalue weighted by Crippen LogP contribution is -2.45. The van der Waals surface area contributed by atoms with Gasteiger partial charge in [0, 0.05) is 31.5 Å². The molecule has 0 bridgehead atoms. The van der Waals surface area contributed by atoms with Gasteiger partial charge in [0.25, 0.3) is 5.56 Å². The summed E-state index contributed by atoms with van der Waals surface area (Å²) in [7, 11) is 0. The molecule has 12 heteroatoms. The second-order valence-electron chi connectivity index (χ2n) is 11.3. The van der Waals surface area contributed by atoms with Crippen LogP contribution in [-0.2, 0) is 16.9 Å². The minimum atomic E-state index is -1.15. The lowest BCUT2D eigenvalue weighted by Gasteiger charge is -2.38. The van der Waals surface area contributed by atoms with Crippen LogP contribution in [0, 0.1) is 0 Å². The average molecular weight is 560 g/mol. The minimum absolute atomic E-state index is 0.248. The van der Waals surface area contributed by atoms with E-state index < -0.39 is 5.60 Å². The van der Waals surface area contributed by atoms with Crippen LogP contribution in [0.25, 0.3) is 16.9 Å². The minimum Gasteiger partial charge on any atom is -0.384 e. The van der Waals surface area contributed by atoms with Gasteiger partial charge in [-0.3, -0.25) is 14.4 Å². The summed E-state index contributed by atoms with van der Waals surface area (Å²) >= 11 is 0. The molecule has 4 aromatic heterocycles. The number of allylic oxidation sites excluding steroid dienone is 1. The molecular weight excluding hydrogens is 522 g/mol. The number of hydrogen-bond acceptors (Lipinski definition) is 9. The third-order valence-corrected chi connectivity index (χ3v) is 8.02. The van der Waals surface area contributed by atoms with Crippen LogP contribution >= 0.6 is 0 Å². The zero-order valence-electron chi connectivity index (χ0n) is 23.6. The molecule has 0 radical (unpaired) electrons. The Kier molecular flexibility index (Phi) is 7.45. The van der Waals surface area contributed by atoms with E-state index in [-0.39, 0.29) is 12.1 Å². The zero-order valence-corrected chi connectivity index (χ0v) is 23.6. The van der Waals surface area contributed by atoms with Gasteiger partial charge in [0.15, 0.2) is 11.5 Å². The van der Waals surface area contributed by atoms with Crippen LogP contribution in [0.3, 0.4) is 0 Å². The van der Waals surface area contributed by atoms with Gasteiger partial charge >= 0.3 is 0 Å². The van der Waals surface area contributed by atoms with Gasteiger partial charge in [-0.2, -0.15) is 10.1 Å². The Bertz CT molecular complexity index is 1590. The third kappa shape index (κ3) is 5.54. The summed E-state index contributed by atoms with van der Waals surface area (Å²) in [4.78, 5) is 29.6. The Morgan fingerprint density at radius 3 is 2.61 bits per heavy atom. The fourth-order valence-electron chi connectivity index (χ4n) is 5.85. The highest BCUT2D eigenvalue weighted by molar-refractivity contribution is 5.77. The molecule has 4 aromatic rings. The first kappa shape index (κ1) is 27.3. The number of pyridine rings is 1. The number of aliphatic hydroxyl groups is 1. The quantitative estimate of drug-likeness (QED) is 0.313. The summed E-state index contributed by atoms with van der Waals surface area (Å²) < 4.78 is 10.7. The van der Waals surface area contributed by atoms with Crippen LogP contribution in [0.2, 0.25) is 0 Å². The molecule has 0 atom stereocenters. The van der Waals surface area contributed by atoms with E-state index in [9.17, 15) is 9.90 Å². The molecule has 0 amide bonds. The van der Waals surface area contributed by atoms with Crippen LogP contribution in [-0.4, -0.2) is 76.4 Å².